The molecule has 0 aliphatic heterocycles. The van der Waals surface area contributed by atoms with Crippen molar-refractivity contribution in [2.24, 2.45) is 11.3 Å². The molecule has 0 radical (unpaired) electrons. The maximum atomic E-state index is 12.0. The van der Waals surface area contributed by atoms with Gasteiger partial charge in [-0.05, 0) is 54.7 Å². The zero-order chi connectivity index (χ0) is 17.6. The van der Waals surface area contributed by atoms with Crippen LogP contribution in [0, 0.1) is 22.7 Å². The Kier molecular flexibility index (Phi) is 6.74. The van der Waals surface area contributed by atoms with Crippen molar-refractivity contribution in [1.82, 2.24) is 0 Å². The first kappa shape index (κ1) is 18.9. The van der Waals surface area contributed by atoms with Gasteiger partial charge in [0.15, 0.2) is 0 Å². The second-order valence-corrected chi connectivity index (χ2v) is 8.62. The highest BCUT2D eigenvalue weighted by atomic mass is 32.2. The number of carbonyl (C=O) groups excluding carboxylic acids is 1. The average Bonchev–Trinajstić information content (AvgIpc) is 2.55. The van der Waals surface area contributed by atoms with Crippen molar-refractivity contribution in [2.45, 2.75) is 58.3 Å². The minimum atomic E-state index is -0.104. The Bertz CT molecular complexity index is 575. The van der Waals surface area contributed by atoms with E-state index >= 15 is 0 Å². The van der Waals surface area contributed by atoms with E-state index in [1.807, 2.05) is 24.3 Å². The van der Waals surface area contributed by atoms with Crippen LogP contribution in [0.4, 0.5) is 0 Å². The molecule has 1 aromatic carbocycles. The highest BCUT2D eigenvalue weighted by Crippen LogP contribution is 2.38. The summed E-state index contributed by atoms with van der Waals surface area (Å²) in [6.07, 6.45) is 4.40. The predicted molar refractivity (Wildman–Crippen MR) is 98.6 cm³/mol. The Labute approximate surface area is 149 Å². The number of nitrogens with zero attached hydrogens (tertiary/aromatic N) is 1. The van der Waals surface area contributed by atoms with Crippen LogP contribution in [0.2, 0.25) is 0 Å². The maximum absolute atomic E-state index is 12.0. The van der Waals surface area contributed by atoms with E-state index in [1.165, 1.54) is 0 Å². The summed E-state index contributed by atoms with van der Waals surface area (Å²) >= 11 is 1.56. The minimum absolute atomic E-state index is 0.103. The molecule has 0 heterocycles. The van der Waals surface area contributed by atoms with Crippen molar-refractivity contribution in [3.8, 4) is 6.07 Å². The van der Waals surface area contributed by atoms with E-state index in [2.05, 4.69) is 26.8 Å². The highest BCUT2D eigenvalue weighted by molar-refractivity contribution is 7.99. The molecular weight excluding hydrogens is 318 g/mol. The van der Waals surface area contributed by atoms with E-state index in [4.69, 9.17) is 10.00 Å². The lowest BCUT2D eigenvalue weighted by molar-refractivity contribution is -0.148. The van der Waals surface area contributed by atoms with Crippen LogP contribution in [0.1, 0.15) is 57.6 Å². The molecule has 0 atom stereocenters. The minimum Gasteiger partial charge on any atom is -0.462 e. The van der Waals surface area contributed by atoms with Gasteiger partial charge in [-0.2, -0.15) is 5.26 Å². The zero-order valence-electron chi connectivity index (χ0n) is 14.9. The Balaban J connectivity index is 1.66. The van der Waals surface area contributed by atoms with Gasteiger partial charge >= 0.3 is 5.97 Å². The zero-order valence-corrected chi connectivity index (χ0v) is 15.7. The molecule has 0 amide bonds. The number of nitriles is 1. The summed E-state index contributed by atoms with van der Waals surface area (Å²) in [5, 5.41) is 8.78. The molecule has 4 heteroatoms. The third-order valence-electron chi connectivity index (χ3n) is 4.77. The summed E-state index contributed by atoms with van der Waals surface area (Å²) in [7, 11) is 0. The lowest BCUT2D eigenvalue weighted by Crippen LogP contribution is -2.30. The molecule has 1 aromatic rings. The van der Waals surface area contributed by atoms with E-state index in [0.29, 0.717) is 16.7 Å². The Hall–Kier alpha value is -1.47. The van der Waals surface area contributed by atoms with Crippen LogP contribution in [-0.2, 0) is 15.3 Å². The van der Waals surface area contributed by atoms with Crippen molar-refractivity contribution >= 4 is 17.7 Å². The van der Waals surface area contributed by atoms with E-state index in [0.717, 1.165) is 42.9 Å². The monoisotopic (exact) mass is 345 g/mol. The third-order valence-corrected chi connectivity index (χ3v) is 5.75. The summed E-state index contributed by atoms with van der Waals surface area (Å²) in [5.41, 5.74) is 2.14. The summed E-state index contributed by atoms with van der Waals surface area (Å²) in [6.45, 7) is 6.89. The smallest absolute Gasteiger partial charge is 0.316 e. The predicted octanol–water partition coefficient (Wildman–Crippen LogP) is 4.94. The normalized spacial score (nSPS) is 21.1. The van der Waals surface area contributed by atoms with Crippen LogP contribution in [0.25, 0.3) is 0 Å². The van der Waals surface area contributed by atoms with Crippen LogP contribution in [0.15, 0.2) is 24.3 Å². The maximum Gasteiger partial charge on any atom is 0.316 e. The van der Waals surface area contributed by atoms with Gasteiger partial charge in [0, 0.05) is 5.75 Å². The van der Waals surface area contributed by atoms with E-state index in [1.54, 1.807) is 11.8 Å². The number of thioether (sulfide) groups is 1. The van der Waals surface area contributed by atoms with Gasteiger partial charge < -0.3 is 4.74 Å². The fraction of sp³-hybridized carbons (Fsp3) is 0.600. The van der Waals surface area contributed by atoms with E-state index in [9.17, 15) is 4.79 Å². The Morgan fingerprint density at radius 1 is 1.21 bits per heavy atom. The topological polar surface area (TPSA) is 50.1 Å². The molecule has 0 unspecified atom stereocenters. The Morgan fingerprint density at radius 2 is 1.83 bits per heavy atom. The summed E-state index contributed by atoms with van der Waals surface area (Å²) in [5.74, 6) is 1.78. The summed E-state index contributed by atoms with van der Waals surface area (Å²) in [6, 6.07) is 9.59. The molecule has 1 aliphatic rings. The molecule has 0 saturated heterocycles. The van der Waals surface area contributed by atoms with Crippen LogP contribution < -0.4 is 0 Å². The van der Waals surface area contributed by atoms with E-state index < -0.39 is 0 Å². The number of hydrogen-bond donors (Lipinski definition) is 0. The van der Waals surface area contributed by atoms with Crippen LogP contribution in [0.3, 0.4) is 0 Å². The van der Waals surface area contributed by atoms with Gasteiger partial charge in [-0.1, -0.05) is 32.9 Å². The van der Waals surface area contributed by atoms with E-state index in [-0.39, 0.29) is 12.1 Å². The third kappa shape index (κ3) is 5.87. The van der Waals surface area contributed by atoms with Crippen LogP contribution >= 0.6 is 11.8 Å². The molecule has 130 valence electrons. The molecule has 0 spiro atoms. The lowest BCUT2D eigenvalue weighted by Gasteiger charge is -2.36. The largest absolute Gasteiger partial charge is 0.462 e. The average molecular weight is 346 g/mol. The summed E-state index contributed by atoms with van der Waals surface area (Å²) < 4.78 is 5.62. The number of benzene rings is 1. The first-order valence-corrected chi connectivity index (χ1v) is 9.80. The van der Waals surface area contributed by atoms with Gasteiger partial charge in [0.1, 0.15) is 6.10 Å². The van der Waals surface area contributed by atoms with Crippen molar-refractivity contribution in [3.05, 3.63) is 35.4 Å². The standard InChI is InChI=1S/C20H27NO2S/c1-20(2,3)17-8-10-18(11-9-17)23-19(22)14-24-13-16-6-4-15(12-21)5-7-16/h4-7,17-18H,8-11,13-14H2,1-3H3. The van der Waals surface area contributed by atoms with Crippen LogP contribution in [-0.4, -0.2) is 17.8 Å². The van der Waals surface area contributed by atoms with Gasteiger partial charge in [0.25, 0.3) is 0 Å². The van der Waals surface area contributed by atoms with Crippen molar-refractivity contribution < 1.29 is 9.53 Å². The second kappa shape index (κ2) is 8.58. The first-order valence-electron chi connectivity index (χ1n) is 8.65. The molecular formula is C20H27NO2S. The van der Waals surface area contributed by atoms with Crippen molar-refractivity contribution in [3.63, 3.8) is 0 Å². The number of esters is 1. The quantitative estimate of drug-likeness (QED) is 0.709. The highest BCUT2D eigenvalue weighted by Gasteiger charge is 2.30. The molecule has 1 saturated carbocycles. The number of carbonyl (C=O) groups is 1. The Morgan fingerprint density at radius 3 is 2.38 bits per heavy atom. The fourth-order valence-electron chi connectivity index (χ4n) is 3.19. The molecule has 0 N–H and O–H groups in total. The summed E-state index contributed by atoms with van der Waals surface area (Å²) in [4.78, 5) is 12.0. The van der Waals surface area contributed by atoms with Crippen molar-refractivity contribution in [1.29, 1.82) is 5.26 Å². The molecule has 1 fully saturated rings. The molecule has 3 nitrogen and oxygen atoms in total. The van der Waals surface area contributed by atoms with Gasteiger partial charge in [-0.3, -0.25) is 4.79 Å². The molecule has 0 bridgehead atoms. The van der Waals surface area contributed by atoms with Gasteiger partial charge in [0.05, 0.1) is 17.4 Å². The number of ether oxygens (including phenoxy) is 1. The first-order chi connectivity index (χ1) is 11.4. The second-order valence-electron chi connectivity index (χ2n) is 7.63. The number of hydrogen-bond acceptors (Lipinski definition) is 4. The lowest BCUT2D eigenvalue weighted by atomic mass is 9.72. The van der Waals surface area contributed by atoms with Crippen LogP contribution in [0.5, 0.6) is 0 Å². The van der Waals surface area contributed by atoms with Gasteiger partial charge in [-0.15, -0.1) is 11.8 Å². The number of rotatable bonds is 5. The fourth-order valence-corrected chi connectivity index (χ4v) is 3.96. The van der Waals surface area contributed by atoms with Crippen molar-refractivity contribution in [2.75, 3.05) is 5.75 Å². The van der Waals surface area contributed by atoms with Gasteiger partial charge in [0.2, 0.25) is 0 Å². The molecule has 0 aromatic heterocycles. The molecule has 24 heavy (non-hydrogen) atoms. The molecule has 2 rings (SSSR count). The van der Waals surface area contributed by atoms with Gasteiger partial charge in [-0.25, -0.2) is 0 Å². The molecule has 1 aliphatic carbocycles. The SMILES string of the molecule is CC(C)(C)C1CCC(OC(=O)CSCc2ccc(C#N)cc2)CC1.